The third-order valence-electron chi connectivity index (χ3n) is 20.7. The Morgan fingerprint density at radius 3 is 1.20 bits per heavy atom. The molecule has 3 atom stereocenters. The summed E-state index contributed by atoms with van der Waals surface area (Å²) in [6.07, 6.45) is 1.47. The molecule has 0 aliphatic carbocycles. The van der Waals surface area contributed by atoms with Crippen molar-refractivity contribution in [2.24, 2.45) is 10.2 Å². The quantitative estimate of drug-likeness (QED) is 0.00865. The van der Waals surface area contributed by atoms with Crippen LogP contribution in [-0.2, 0) is 14.2 Å². The number of aromatic hydroxyl groups is 3. The molecule has 3 heterocycles. The van der Waals surface area contributed by atoms with Crippen LogP contribution in [-0.4, -0.2) is 185 Å². The van der Waals surface area contributed by atoms with Crippen molar-refractivity contribution in [3.05, 3.63) is 356 Å². The molecule has 0 aliphatic heterocycles. The number of carbonyl (C=O) groups is 3. The summed E-state index contributed by atoms with van der Waals surface area (Å²) < 4.78 is 35.2. The van der Waals surface area contributed by atoms with Crippen molar-refractivity contribution in [1.29, 1.82) is 0 Å². The summed E-state index contributed by atoms with van der Waals surface area (Å²) in [5.41, 5.74) is 20.0. The van der Waals surface area contributed by atoms with Crippen molar-refractivity contribution in [3.8, 4) is 131 Å². The lowest BCUT2D eigenvalue weighted by Gasteiger charge is -2.27. The Morgan fingerprint density at radius 1 is 0.399 bits per heavy atom. The number of aryl methyl sites for hydroxylation is 2. The summed E-state index contributed by atoms with van der Waals surface area (Å²) in [4.78, 5) is 77.9. The molecule has 13 aromatic carbocycles. The molecule has 732 valence electrons. The number of anilines is 6. The minimum atomic E-state index is -1.04. The van der Waals surface area contributed by atoms with Gasteiger partial charge in [-0.15, -0.1) is 0 Å². The third-order valence-corrected chi connectivity index (χ3v) is 20.7. The molecule has 0 aliphatic rings. The molecule has 16 rings (SSSR count). The number of allylic oxidation sites excluding steroid dienone is 1. The first kappa shape index (κ1) is 106. The van der Waals surface area contributed by atoms with E-state index >= 15 is 0 Å². The van der Waals surface area contributed by atoms with Gasteiger partial charge in [0.05, 0.1) is 100 Å². The molecule has 3 aromatic heterocycles. The van der Waals surface area contributed by atoms with Crippen LogP contribution < -0.4 is 40.2 Å². The molecule has 32 heteroatoms. The number of nitrogens with two attached hydrogens (primary N) is 1. The highest BCUT2D eigenvalue weighted by molar-refractivity contribution is 5.91. The fraction of sp³-hybridized carbons (Fsp3) is 0.171. The maximum Gasteiger partial charge on any atom is 0.338 e. The number of phenols is 3. The van der Waals surface area contributed by atoms with Crippen molar-refractivity contribution in [3.63, 3.8) is 0 Å². The molecular weight excluding hydrogens is 1820 g/mol. The zero-order chi connectivity index (χ0) is 102. The first-order chi connectivity index (χ1) is 69.2. The van der Waals surface area contributed by atoms with Crippen LogP contribution in [0.15, 0.2) is 338 Å². The monoisotopic (exact) mass is 1930 g/mol. The smallest absolute Gasteiger partial charge is 0.338 e. The Labute approximate surface area is 828 Å². The van der Waals surface area contributed by atoms with Gasteiger partial charge in [0, 0.05) is 76.4 Å². The number of phenolic OH excluding ortho intramolecular Hbond substituents is 3. The van der Waals surface area contributed by atoms with E-state index in [4.69, 9.17) is 59.1 Å². The van der Waals surface area contributed by atoms with E-state index in [1.165, 1.54) is 56.7 Å². The summed E-state index contributed by atoms with van der Waals surface area (Å²) >= 11 is 0. The number of aliphatic hydroxyl groups excluding tert-OH is 4. The van der Waals surface area contributed by atoms with Crippen LogP contribution in [0.4, 0.5) is 40.3 Å². The molecule has 32 nitrogen and oxygen atoms in total. The standard InChI is InChI=1S/C27H19N3O.C25H22N4O6.C24H22N4O2.C15H23NO4.C10H12N2.C10H13NO4/c31-24-14-8-7-13-23(24)27-29-25(21-11-5-2-6-12-21)28-26(30-27)22-17-15-20(16-18-22)19-9-3-1-4-10-19;1-33-16-8-10-18(20(30)12-16)22-27-23(19-11-9-17(34-2)13-21(19)31)29-25(28-22)26-15-6-4-14(5-7-15)24(32)35-3;1-16-4-10-19(11-5-16)25-24-27-22(17-6-12-20(29-2)13-7-17)26-23(28-24)18-8-14-21(30-3)15-9-18;1-4-20-15(19)13-5-7-14(8-6-13)16(9-11(2)17)10-12(3)18;1-3-8-11-12-10-6-4-9(2)5-7-10;11-8-3-1-7(2-4-8)10(14)15-6-9(13)5-12/h1-18,31H;4-13,30-31H,1-3H3,(H,26,27,28,29);4-15H,1-3H3,(H,25,26,27,28);5-8,11-12,17-18H,4,9-10H2,1-3H3;3-8H,1-2H3;1-4,9,12-13H,5-6,11H2/b;;;;8-3+,12-11?;. The average molecular weight is 1930 g/mol. The van der Waals surface area contributed by atoms with Gasteiger partial charge in [-0.1, -0.05) is 139 Å². The summed E-state index contributed by atoms with van der Waals surface area (Å²) in [5, 5.41) is 82.1. The lowest BCUT2D eigenvalue weighted by atomic mass is 10.0. The number of carbonyl (C=O) groups excluding carboxylic acids is 3. The maximum atomic E-state index is 11.7. The molecule has 0 fully saturated rings. The molecule has 143 heavy (non-hydrogen) atoms. The number of nitrogens with zero attached hydrogens (tertiary/aromatic N) is 12. The summed E-state index contributed by atoms with van der Waals surface area (Å²) in [6, 6.07) is 95.7. The first-order valence-corrected chi connectivity index (χ1v) is 45.1. The van der Waals surface area contributed by atoms with Crippen LogP contribution in [0.25, 0.3) is 90.8 Å². The molecule has 3 unspecified atom stereocenters. The first-order valence-electron chi connectivity index (χ1n) is 45.1. The van der Waals surface area contributed by atoms with Gasteiger partial charge in [0.15, 0.2) is 40.8 Å². The van der Waals surface area contributed by atoms with Gasteiger partial charge in [0.1, 0.15) is 53.0 Å². The molecule has 0 radical (unpaired) electrons. The van der Waals surface area contributed by atoms with Crippen molar-refractivity contribution >= 4 is 58.2 Å². The lowest BCUT2D eigenvalue weighted by Crippen LogP contribution is -2.36. The number of ether oxygens (including phenoxy) is 7. The fourth-order valence-electron chi connectivity index (χ4n) is 13.3. The second-order valence-electron chi connectivity index (χ2n) is 31.6. The predicted octanol–water partition coefficient (Wildman–Crippen LogP) is 20.5. The van der Waals surface area contributed by atoms with E-state index in [2.05, 4.69) is 86.9 Å². The SMILES string of the molecule is C/C=C/N=Nc1ccc(C)cc1.CCOC(=O)c1ccc(N(CC(C)O)CC(C)O)cc1.COC(=O)c1ccc(Nc2nc(-c3ccc(OC)cc3O)nc(-c3ccc(OC)cc3O)n2)cc1.COc1ccc(-c2nc(Nc3ccc(C)cc3)nc(-c3ccc(OC)cc3)n2)cc1.Nc1ccc(C(=O)OCC(O)CO)cc1.Oc1ccccc1-c1nc(-c2ccccc2)nc(-c2ccc(-c3ccccc3)cc2)n1. The third kappa shape index (κ3) is 32.2. The Balaban J connectivity index is 0.000000169. The molecule has 0 spiro atoms. The number of nitrogens with one attached hydrogen (secondary N) is 2. The zero-order valence-electron chi connectivity index (χ0n) is 80.6. The average Bonchev–Trinajstić information content (AvgIpc) is 0.791. The number of nitrogen functional groups attached to an aromatic ring is 1. The van der Waals surface area contributed by atoms with Crippen LogP contribution >= 0.6 is 0 Å². The number of methoxy groups -OCH3 is 5. The topological polar surface area (TPSA) is 451 Å². The molecule has 0 bridgehead atoms. The number of aliphatic hydroxyl groups is 4. The molecule has 11 N–H and O–H groups in total. The number of aromatic nitrogens is 9. The van der Waals surface area contributed by atoms with E-state index in [0.29, 0.717) is 111 Å². The molecule has 0 saturated carbocycles. The van der Waals surface area contributed by atoms with E-state index in [1.807, 2.05) is 195 Å². The molecule has 0 amide bonds. The highest BCUT2D eigenvalue weighted by Gasteiger charge is 2.22. The molecule has 0 saturated heterocycles. The van der Waals surface area contributed by atoms with Gasteiger partial charge in [-0.05, 0) is 235 Å². The summed E-state index contributed by atoms with van der Waals surface area (Å²) in [7, 11) is 7.59. The number of azo groups is 1. The number of benzene rings is 13. The van der Waals surface area contributed by atoms with Crippen LogP contribution in [0.3, 0.4) is 0 Å². The van der Waals surface area contributed by atoms with Crippen molar-refractivity contribution in [1.82, 2.24) is 44.9 Å². The van der Waals surface area contributed by atoms with Crippen molar-refractivity contribution in [2.75, 3.05) is 89.7 Å². The molecular formula is C111H111N15O17. The van der Waals surface area contributed by atoms with Crippen LogP contribution in [0, 0.1) is 13.8 Å². The van der Waals surface area contributed by atoms with E-state index in [-0.39, 0.29) is 47.4 Å². The van der Waals surface area contributed by atoms with E-state index in [9.17, 15) is 39.9 Å². The minimum absolute atomic E-state index is 0.0890. The number of esters is 3. The van der Waals surface area contributed by atoms with Crippen LogP contribution in [0.5, 0.6) is 40.2 Å². The number of hydrogen-bond donors (Lipinski definition) is 10. The Bertz CT molecular complexity index is 6680. The van der Waals surface area contributed by atoms with Gasteiger partial charge >= 0.3 is 17.9 Å². The lowest BCUT2D eigenvalue weighted by molar-refractivity contribution is 0.00931. The fourth-order valence-corrected chi connectivity index (χ4v) is 13.3. The number of para-hydroxylation sites is 1. The summed E-state index contributed by atoms with van der Waals surface area (Å²) in [6.45, 7) is 11.7. The zero-order valence-corrected chi connectivity index (χ0v) is 80.6. The van der Waals surface area contributed by atoms with E-state index < -0.39 is 36.9 Å². The Kier molecular flexibility index (Phi) is 39.8. The van der Waals surface area contributed by atoms with Crippen LogP contribution in [0.1, 0.15) is 69.9 Å². The predicted molar refractivity (Wildman–Crippen MR) is 552 cm³/mol. The molecule has 16 aromatic rings. The van der Waals surface area contributed by atoms with Gasteiger partial charge in [0.25, 0.3) is 0 Å². The maximum absolute atomic E-state index is 11.7. The highest BCUT2D eigenvalue weighted by Crippen LogP contribution is 2.38. The van der Waals surface area contributed by atoms with E-state index in [1.54, 1.807) is 138 Å². The van der Waals surface area contributed by atoms with Gasteiger partial charge < -0.3 is 90.2 Å². The largest absolute Gasteiger partial charge is 0.507 e. The number of rotatable bonds is 30. The van der Waals surface area contributed by atoms with Crippen molar-refractivity contribution < 1.29 is 83.3 Å². The second-order valence-corrected chi connectivity index (χ2v) is 31.6. The number of hydrogen-bond acceptors (Lipinski definition) is 32. The Morgan fingerprint density at radius 2 is 0.755 bits per heavy atom. The normalized spacial score (nSPS) is 11.2. The van der Waals surface area contributed by atoms with Crippen molar-refractivity contribution in [2.45, 2.75) is 59.9 Å². The summed E-state index contributed by atoms with van der Waals surface area (Å²) in [5.74, 6) is 4.78. The Hall–Kier alpha value is -17.7. The van der Waals surface area contributed by atoms with Gasteiger partial charge in [-0.25, -0.2) is 39.3 Å². The minimum Gasteiger partial charge on any atom is -0.507 e. The van der Waals surface area contributed by atoms with Gasteiger partial charge in [-0.2, -0.15) is 30.2 Å². The van der Waals surface area contributed by atoms with Crippen LogP contribution in [0.2, 0.25) is 0 Å². The highest BCUT2D eigenvalue weighted by atomic mass is 16.5. The van der Waals surface area contributed by atoms with E-state index in [0.717, 1.165) is 61.9 Å². The van der Waals surface area contributed by atoms with Gasteiger partial charge in [-0.3, -0.25) is 0 Å². The second kappa shape index (κ2) is 53.9. The van der Waals surface area contributed by atoms with Gasteiger partial charge in [0.2, 0.25) is 11.9 Å².